The molecule has 4 nitrogen and oxygen atoms in total. The van der Waals surface area contributed by atoms with Gasteiger partial charge in [0.2, 0.25) is 0 Å². The minimum atomic E-state index is -1.45. The number of carboxylic acids is 1. The topological polar surface area (TPSA) is 58.6 Å². The van der Waals surface area contributed by atoms with Crippen LogP contribution in [0.2, 0.25) is 19.6 Å². The number of aliphatic carboxylic acids is 1. The van der Waals surface area contributed by atoms with E-state index >= 15 is 0 Å². The van der Waals surface area contributed by atoms with Crippen LogP contribution < -0.4 is 5.32 Å². The molecule has 0 aliphatic rings. The maximum absolute atomic E-state index is 11.0. The Morgan fingerprint density at radius 3 is 2.58 bits per heavy atom. The lowest BCUT2D eigenvalue weighted by Crippen LogP contribution is -2.35. The van der Waals surface area contributed by atoms with Gasteiger partial charge in [-0.3, -0.25) is 4.79 Å². The predicted molar refractivity (Wildman–Crippen MR) is 82.0 cm³/mol. The normalized spacial score (nSPS) is 13.9. The molecule has 0 rings (SSSR count). The lowest BCUT2D eigenvalue weighted by Gasteiger charge is -2.16. The highest BCUT2D eigenvalue weighted by atomic mass is 28.4. The Labute approximate surface area is 118 Å². The third-order valence-electron chi connectivity index (χ3n) is 2.56. The summed E-state index contributed by atoms with van der Waals surface area (Å²) < 4.78 is 5.70. The van der Waals surface area contributed by atoms with Crippen molar-refractivity contribution in [1.82, 2.24) is 5.32 Å². The molecule has 0 aliphatic heterocycles. The number of carbonyl (C=O) groups is 1. The molecule has 1 unspecified atom stereocenters. The molecule has 2 N–H and O–H groups in total. The molecule has 0 saturated heterocycles. The first-order valence-electron chi connectivity index (χ1n) is 7.13. The van der Waals surface area contributed by atoms with Crippen molar-refractivity contribution in [3.8, 4) is 0 Å². The fraction of sp³-hybridized carbons (Fsp3) is 0.786. The average Bonchev–Trinajstić information content (AvgIpc) is 2.29. The van der Waals surface area contributed by atoms with Crippen molar-refractivity contribution in [2.24, 2.45) is 0 Å². The lowest BCUT2D eigenvalue weighted by molar-refractivity contribution is -0.138. The number of nitrogens with one attached hydrogen (secondary N) is 1. The number of rotatable bonds is 11. The molecule has 112 valence electrons. The van der Waals surface area contributed by atoms with Crippen molar-refractivity contribution in [3.63, 3.8) is 0 Å². The van der Waals surface area contributed by atoms with Gasteiger partial charge in [0, 0.05) is 6.61 Å². The number of unbranched alkanes of at least 4 members (excludes halogenated alkanes) is 2. The van der Waals surface area contributed by atoms with Crippen LogP contribution >= 0.6 is 0 Å². The molecule has 0 amide bonds. The molecular weight excluding hydrogens is 258 g/mol. The van der Waals surface area contributed by atoms with Crippen LogP contribution in [0.1, 0.15) is 32.6 Å². The van der Waals surface area contributed by atoms with Gasteiger partial charge in [-0.1, -0.05) is 31.9 Å². The minimum absolute atomic E-state index is 0.580. The van der Waals surface area contributed by atoms with E-state index in [1.807, 2.05) is 6.08 Å². The van der Waals surface area contributed by atoms with Gasteiger partial charge >= 0.3 is 5.97 Å². The van der Waals surface area contributed by atoms with E-state index < -0.39 is 20.3 Å². The van der Waals surface area contributed by atoms with E-state index in [1.54, 1.807) is 6.08 Å². The summed E-state index contributed by atoms with van der Waals surface area (Å²) in [4.78, 5) is 11.0. The second-order valence-corrected chi connectivity index (χ2v) is 10.2. The lowest BCUT2D eigenvalue weighted by atomic mass is 10.2. The summed E-state index contributed by atoms with van der Waals surface area (Å²) in [6.45, 7) is 9.99. The fourth-order valence-corrected chi connectivity index (χ4v) is 2.27. The molecule has 0 aliphatic carbocycles. The third-order valence-corrected chi connectivity index (χ3v) is 3.63. The van der Waals surface area contributed by atoms with Crippen molar-refractivity contribution in [3.05, 3.63) is 12.2 Å². The Morgan fingerprint density at radius 2 is 2.05 bits per heavy atom. The first-order chi connectivity index (χ1) is 8.87. The zero-order chi connectivity index (χ0) is 14.7. The smallest absolute Gasteiger partial charge is 0.324 e. The zero-order valence-corrected chi connectivity index (χ0v) is 13.7. The van der Waals surface area contributed by atoms with Crippen LogP contribution in [0.4, 0.5) is 0 Å². The van der Waals surface area contributed by atoms with Gasteiger partial charge in [0.25, 0.3) is 0 Å². The van der Waals surface area contributed by atoms with Crippen molar-refractivity contribution in [1.29, 1.82) is 0 Å². The van der Waals surface area contributed by atoms with Crippen LogP contribution in [0.3, 0.4) is 0 Å². The molecule has 0 aromatic carbocycles. The summed E-state index contributed by atoms with van der Waals surface area (Å²) in [7, 11) is -1.45. The van der Waals surface area contributed by atoms with Crippen LogP contribution in [-0.2, 0) is 9.22 Å². The summed E-state index contributed by atoms with van der Waals surface area (Å²) in [5, 5.41) is 12.1. The second kappa shape index (κ2) is 10.2. The van der Waals surface area contributed by atoms with Gasteiger partial charge < -0.3 is 14.8 Å². The third kappa shape index (κ3) is 12.1. The minimum Gasteiger partial charge on any atom is -0.480 e. The molecule has 19 heavy (non-hydrogen) atoms. The van der Waals surface area contributed by atoms with Gasteiger partial charge in [-0.15, -0.1) is 0 Å². The van der Waals surface area contributed by atoms with Crippen molar-refractivity contribution in [2.45, 2.75) is 58.3 Å². The summed E-state index contributed by atoms with van der Waals surface area (Å²) in [5.41, 5.74) is 0. The van der Waals surface area contributed by atoms with Gasteiger partial charge in [0.15, 0.2) is 8.32 Å². The van der Waals surface area contributed by atoms with Crippen molar-refractivity contribution < 1.29 is 14.3 Å². The molecule has 0 bridgehead atoms. The molecule has 0 spiro atoms. The largest absolute Gasteiger partial charge is 0.480 e. The van der Waals surface area contributed by atoms with E-state index in [-0.39, 0.29) is 0 Å². The first-order valence-corrected chi connectivity index (χ1v) is 10.5. The van der Waals surface area contributed by atoms with Crippen molar-refractivity contribution >= 4 is 14.3 Å². The molecule has 0 aromatic heterocycles. The van der Waals surface area contributed by atoms with Gasteiger partial charge in [-0.05, 0) is 39.0 Å². The fourth-order valence-electron chi connectivity index (χ4n) is 1.54. The van der Waals surface area contributed by atoms with Crippen molar-refractivity contribution in [2.75, 3.05) is 13.2 Å². The number of carboxylic acid groups (broad SMARTS) is 1. The van der Waals surface area contributed by atoms with E-state index in [1.165, 1.54) is 0 Å². The molecule has 0 saturated carbocycles. The predicted octanol–water partition coefficient (Wildman–Crippen LogP) is 3.02. The summed E-state index contributed by atoms with van der Waals surface area (Å²) in [6.07, 6.45) is 7.68. The highest BCUT2D eigenvalue weighted by Crippen LogP contribution is 2.03. The summed E-state index contributed by atoms with van der Waals surface area (Å²) in [6, 6.07) is -0.580. The molecule has 0 aromatic rings. The van der Waals surface area contributed by atoms with Gasteiger partial charge in [-0.2, -0.15) is 0 Å². The maximum atomic E-state index is 11.0. The molecule has 0 radical (unpaired) electrons. The summed E-state index contributed by atoms with van der Waals surface area (Å²) >= 11 is 0. The SMILES string of the molecule is CCCCCNC(C=CCCO[Si](C)(C)C)C(=O)O. The second-order valence-electron chi connectivity index (χ2n) is 5.65. The quantitative estimate of drug-likeness (QED) is 0.348. The summed E-state index contributed by atoms with van der Waals surface area (Å²) in [5.74, 6) is -0.820. The van der Waals surface area contributed by atoms with Gasteiger partial charge in [0.05, 0.1) is 0 Å². The Balaban J connectivity index is 3.89. The number of hydrogen-bond acceptors (Lipinski definition) is 3. The van der Waals surface area contributed by atoms with Crippen LogP contribution in [0.5, 0.6) is 0 Å². The Morgan fingerprint density at radius 1 is 1.37 bits per heavy atom. The van der Waals surface area contributed by atoms with Crippen LogP contribution in [0, 0.1) is 0 Å². The zero-order valence-electron chi connectivity index (χ0n) is 12.7. The highest BCUT2D eigenvalue weighted by Gasteiger charge is 2.13. The van der Waals surface area contributed by atoms with E-state index in [9.17, 15) is 4.79 Å². The van der Waals surface area contributed by atoms with Crippen LogP contribution in [0.25, 0.3) is 0 Å². The average molecular weight is 287 g/mol. The first kappa shape index (κ1) is 18.3. The van der Waals surface area contributed by atoms with Gasteiger partial charge in [0.1, 0.15) is 6.04 Å². The Bertz CT molecular complexity index is 274. The van der Waals surface area contributed by atoms with E-state index in [0.29, 0.717) is 6.61 Å². The molecule has 0 fully saturated rings. The Kier molecular flexibility index (Phi) is 9.82. The monoisotopic (exact) mass is 287 g/mol. The Hall–Kier alpha value is -0.653. The molecular formula is C14H29NO3Si. The maximum Gasteiger partial charge on any atom is 0.324 e. The van der Waals surface area contributed by atoms with E-state index in [0.717, 1.165) is 32.2 Å². The molecule has 1 atom stereocenters. The van der Waals surface area contributed by atoms with Crippen LogP contribution in [0.15, 0.2) is 12.2 Å². The van der Waals surface area contributed by atoms with Gasteiger partial charge in [-0.25, -0.2) is 0 Å². The molecule has 0 heterocycles. The highest BCUT2D eigenvalue weighted by molar-refractivity contribution is 6.69. The molecule has 5 heteroatoms. The van der Waals surface area contributed by atoms with E-state index in [2.05, 4.69) is 31.9 Å². The number of hydrogen-bond donors (Lipinski definition) is 2. The van der Waals surface area contributed by atoms with E-state index in [4.69, 9.17) is 9.53 Å². The van der Waals surface area contributed by atoms with Crippen LogP contribution in [-0.4, -0.2) is 38.6 Å². The standard InChI is InChI=1S/C14H29NO3Si/c1-5-6-8-11-15-13(14(16)17)10-7-9-12-18-19(2,3)4/h7,10,13,15H,5-6,8-9,11-12H2,1-4H3,(H,16,17).